The highest BCUT2D eigenvalue weighted by Gasteiger charge is 2.15. The normalized spacial score (nSPS) is 11.8. The predicted octanol–water partition coefficient (Wildman–Crippen LogP) is 5.00. The number of benzene rings is 2. The minimum Gasteiger partial charge on any atom is -0.390 e. The van der Waals surface area contributed by atoms with Crippen LogP contribution in [-0.2, 0) is 19.7 Å². The number of nitrogens with zero attached hydrogens (tertiary/aromatic N) is 5. The average molecular weight is 444 g/mol. The maximum absolute atomic E-state index is 9.59. The molecule has 1 N–H and O–H groups in total. The first-order valence-corrected chi connectivity index (χ1v) is 10.8. The summed E-state index contributed by atoms with van der Waals surface area (Å²) in [7, 11) is 0. The summed E-state index contributed by atoms with van der Waals surface area (Å²) < 4.78 is 4.05. The third-order valence-electron chi connectivity index (χ3n) is 5.52. The molecule has 32 heavy (non-hydrogen) atoms. The number of hydrogen-bond acceptors (Lipinski definition) is 4. The Hall–Kier alpha value is -3.48. The zero-order valence-electron chi connectivity index (χ0n) is 17.6. The van der Waals surface area contributed by atoms with Gasteiger partial charge in [-0.1, -0.05) is 59.3 Å². The van der Waals surface area contributed by atoms with Gasteiger partial charge in [-0.2, -0.15) is 0 Å². The molecule has 5 rings (SSSR count). The molecule has 3 aromatic heterocycles. The van der Waals surface area contributed by atoms with Gasteiger partial charge in [-0.25, -0.2) is 4.68 Å². The van der Waals surface area contributed by atoms with E-state index in [2.05, 4.69) is 32.0 Å². The molecule has 0 bridgehead atoms. The molecule has 2 aromatic carbocycles. The summed E-state index contributed by atoms with van der Waals surface area (Å²) in [5, 5.41) is 21.2. The van der Waals surface area contributed by atoms with Gasteiger partial charge in [-0.05, 0) is 36.8 Å². The van der Waals surface area contributed by atoms with E-state index in [1.54, 1.807) is 0 Å². The fraction of sp³-hybridized carbons (Fsp3) is 0.160. The van der Waals surface area contributed by atoms with Crippen molar-refractivity contribution in [3.63, 3.8) is 0 Å². The number of halogens is 1. The second-order valence-corrected chi connectivity index (χ2v) is 8.18. The van der Waals surface area contributed by atoms with Crippen LogP contribution in [0.4, 0.5) is 0 Å². The van der Waals surface area contributed by atoms with E-state index in [4.69, 9.17) is 11.6 Å². The molecule has 0 spiro atoms. The number of rotatable bonds is 6. The first kappa shape index (κ1) is 20.4. The van der Waals surface area contributed by atoms with Gasteiger partial charge in [0.2, 0.25) is 0 Å². The number of aromatic nitrogens is 5. The molecule has 0 saturated heterocycles. The molecular formula is C25H22ClN5O. The quantitative estimate of drug-likeness (QED) is 0.401. The smallest absolute Gasteiger partial charge is 0.102 e. The van der Waals surface area contributed by atoms with E-state index < -0.39 is 0 Å². The monoisotopic (exact) mass is 443 g/mol. The molecule has 0 aliphatic heterocycles. The Labute approximate surface area is 190 Å². The number of fused-ring (bicyclic) bond motifs is 3. The van der Waals surface area contributed by atoms with Crippen LogP contribution in [0.2, 0.25) is 5.02 Å². The van der Waals surface area contributed by atoms with Gasteiger partial charge >= 0.3 is 0 Å². The third-order valence-corrected chi connectivity index (χ3v) is 5.77. The maximum atomic E-state index is 9.59. The molecule has 0 unspecified atom stereocenters. The van der Waals surface area contributed by atoms with Gasteiger partial charge in [-0.15, -0.1) is 5.10 Å². The van der Waals surface area contributed by atoms with Crippen LogP contribution >= 0.6 is 11.6 Å². The first-order chi connectivity index (χ1) is 15.6. The van der Waals surface area contributed by atoms with Gasteiger partial charge in [0.25, 0.3) is 0 Å². The van der Waals surface area contributed by atoms with Crippen LogP contribution in [0, 0.1) is 6.92 Å². The Balaban J connectivity index is 1.43. The highest BCUT2D eigenvalue weighted by Crippen LogP contribution is 2.31. The zero-order chi connectivity index (χ0) is 22.1. The van der Waals surface area contributed by atoms with E-state index in [1.807, 2.05) is 72.4 Å². The Kier molecular flexibility index (Phi) is 5.47. The first-order valence-electron chi connectivity index (χ1n) is 10.4. The number of aliphatic hydroxyl groups is 1. The number of aliphatic hydroxyl groups excluding tert-OH is 1. The molecule has 0 aliphatic carbocycles. The van der Waals surface area contributed by atoms with Crippen LogP contribution in [0.3, 0.4) is 0 Å². The molecular weight excluding hydrogens is 422 g/mol. The van der Waals surface area contributed by atoms with Gasteiger partial charge in [0.1, 0.15) is 5.69 Å². The molecule has 6 nitrogen and oxygen atoms in total. The van der Waals surface area contributed by atoms with E-state index in [9.17, 15) is 5.11 Å². The van der Waals surface area contributed by atoms with Crippen molar-refractivity contribution < 1.29 is 5.11 Å². The highest BCUT2D eigenvalue weighted by atomic mass is 35.5. The summed E-state index contributed by atoms with van der Waals surface area (Å²) in [4.78, 5) is 4.57. The van der Waals surface area contributed by atoms with Crippen molar-refractivity contribution in [2.45, 2.75) is 26.6 Å². The van der Waals surface area contributed by atoms with Crippen molar-refractivity contribution in [3.05, 3.63) is 94.5 Å². The number of hydrogen-bond donors (Lipinski definition) is 1. The standard InChI is InChI=1S/C25H22ClN5O/c1-17-25-23(13-20(16-32)27-17)22-6-2-3-7-24(22)31(25)15-21-14-30(29-28-21)12-4-5-18-8-10-19(26)11-9-18/h2-11,13-14,32H,12,15-16H2,1H3/b5-4+. The van der Waals surface area contributed by atoms with Crippen LogP contribution in [0.25, 0.3) is 27.9 Å². The molecule has 160 valence electrons. The van der Waals surface area contributed by atoms with Gasteiger partial charge in [0.05, 0.1) is 42.8 Å². The van der Waals surface area contributed by atoms with Gasteiger partial charge in [-0.3, -0.25) is 4.98 Å². The highest BCUT2D eigenvalue weighted by molar-refractivity contribution is 6.30. The molecule has 0 amide bonds. The van der Waals surface area contributed by atoms with Crippen LogP contribution in [0.15, 0.2) is 66.9 Å². The van der Waals surface area contributed by atoms with E-state index in [-0.39, 0.29) is 6.61 Å². The fourth-order valence-corrected chi connectivity index (χ4v) is 4.24. The lowest BCUT2D eigenvalue weighted by molar-refractivity contribution is 0.277. The Morgan fingerprint density at radius 3 is 2.66 bits per heavy atom. The van der Waals surface area contributed by atoms with E-state index >= 15 is 0 Å². The van der Waals surface area contributed by atoms with Gasteiger partial charge < -0.3 is 9.67 Å². The molecule has 0 saturated carbocycles. The Morgan fingerprint density at radius 2 is 1.84 bits per heavy atom. The fourth-order valence-electron chi connectivity index (χ4n) is 4.11. The van der Waals surface area contributed by atoms with Gasteiger partial charge in [0.15, 0.2) is 0 Å². The maximum Gasteiger partial charge on any atom is 0.102 e. The summed E-state index contributed by atoms with van der Waals surface area (Å²) in [5.74, 6) is 0. The SMILES string of the molecule is Cc1nc(CO)cc2c3ccccc3n(Cc3cn(C/C=C/c4ccc(Cl)cc4)nn3)c12. The summed E-state index contributed by atoms with van der Waals surface area (Å²) in [6, 6.07) is 18.0. The van der Waals surface area contributed by atoms with Crippen LogP contribution in [0.1, 0.15) is 22.6 Å². The molecule has 7 heteroatoms. The summed E-state index contributed by atoms with van der Waals surface area (Å²) >= 11 is 5.94. The number of allylic oxidation sites excluding steroid dienone is 1. The lowest BCUT2D eigenvalue weighted by atomic mass is 10.1. The Morgan fingerprint density at radius 1 is 1.03 bits per heavy atom. The topological polar surface area (TPSA) is 68.8 Å². The lowest BCUT2D eigenvalue weighted by Crippen LogP contribution is -2.02. The third kappa shape index (κ3) is 3.90. The molecule has 5 aromatic rings. The lowest BCUT2D eigenvalue weighted by Gasteiger charge is -2.07. The summed E-state index contributed by atoms with van der Waals surface area (Å²) in [6.45, 7) is 3.12. The minimum absolute atomic E-state index is 0.0752. The van der Waals surface area contributed by atoms with Crippen molar-refractivity contribution in [2.24, 2.45) is 0 Å². The van der Waals surface area contributed by atoms with Crippen LogP contribution in [0.5, 0.6) is 0 Å². The molecule has 3 heterocycles. The molecule has 0 aliphatic rings. The number of aryl methyl sites for hydroxylation is 1. The van der Waals surface area contributed by atoms with Gasteiger partial charge in [0, 0.05) is 21.3 Å². The van der Waals surface area contributed by atoms with E-state index in [0.29, 0.717) is 18.8 Å². The molecule has 0 radical (unpaired) electrons. The van der Waals surface area contributed by atoms with Crippen LogP contribution in [-0.4, -0.2) is 29.7 Å². The van der Waals surface area contributed by atoms with E-state index in [0.717, 1.165) is 43.8 Å². The second-order valence-electron chi connectivity index (χ2n) is 7.74. The van der Waals surface area contributed by atoms with Crippen molar-refractivity contribution in [1.82, 2.24) is 24.5 Å². The Bertz CT molecular complexity index is 1430. The average Bonchev–Trinajstić information content (AvgIpc) is 3.38. The second kappa shape index (κ2) is 8.57. The predicted molar refractivity (Wildman–Crippen MR) is 128 cm³/mol. The molecule has 0 fully saturated rings. The zero-order valence-corrected chi connectivity index (χ0v) is 18.4. The minimum atomic E-state index is -0.0752. The van der Waals surface area contributed by atoms with Crippen molar-refractivity contribution >= 4 is 39.5 Å². The summed E-state index contributed by atoms with van der Waals surface area (Å²) in [5.41, 5.74) is 5.70. The van der Waals surface area contributed by atoms with Crippen molar-refractivity contribution in [2.75, 3.05) is 0 Å². The van der Waals surface area contributed by atoms with Crippen LogP contribution < -0.4 is 0 Å². The van der Waals surface area contributed by atoms with E-state index in [1.165, 1.54) is 0 Å². The summed E-state index contributed by atoms with van der Waals surface area (Å²) in [6.07, 6.45) is 6.06. The van der Waals surface area contributed by atoms with Crippen molar-refractivity contribution in [1.29, 1.82) is 0 Å². The number of pyridine rings is 1. The molecule has 0 atom stereocenters. The van der Waals surface area contributed by atoms with Crippen molar-refractivity contribution in [3.8, 4) is 0 Å². The largest absolute Gasteiger partial charge is 0.390 e. The number of para-hydroxylation sites is 1.